The summed E-state index contributed by atoms with van der Waals surface area (Å²) >= 11 is 5.25. The Morgan fingerprint density at radius 1 is 1.40 bits per heavy atom. The molecule has 0 aliphatic rings. The van der Waals surface area contributed by atoms with E-state index in [0.29, 0.717) is 0 Å². The molecular weight excluding hydrogens is 303 g/mol. The molecule has 7 nitrogen and oxygen atoms in total. The predicted molar refractivity (Wildman–Crippen MR) is 76.6 cm³/mol. The highest BCUT2D eigenvalue weighted by molar-refractivity contribution is 8.11. The number of ether oxygens (including phenoxy) is 2. The second-order valence-electron chi connectivity index (χ2n) is 3.91. The summed E-state index contributed by atoms with van der Waals surface area (Å²) in [5, 5.41) is 11.3. The Morgan fingerprint density at radius 2 is 2.05 bits per heavy atom. The highest BCUT2D eigenvalue weighted by atomic mass is 32.4. The van der Waals surface area contributed by atoms with E-state index in [-0.39, 0.29) is 25.9 Å². The van der Waals surface area contributed by atoms with E-state index >= 15 is 0 Å². The van der Waals surface area contributed by atoms with Gasteiger partial charge in [0.25, 0.3) is 0 Å². The number of carbonyl (C=O) groups excluding carboxylic acids is 2. The fraction of sp³-hybridized carbons (Fsp3) is 0.727. The lowest BCUT2D eigenvalue weighted by atomic mass is 10.2. The summed E-state index contributed by atoms with van der Waals surface area (Å²) in [6, 6.07) is 1.20. The quantitative estimate of drug-likeness (QED) is 0.380. The molecule has 1 N–H and O–H groups in total. The molecule has 2 atom stereocenters. The molecule has 0 aromatic heterocycles. The average Bonchev–Trinajstić information content (AvgIpc) is 2.42. The molecule has 1 unspecified atom stereocenters. The van der Waals surface area contributed by atoms with Crippen LogP contribution in [0.5, 0.6) is 0 Å². The van der Waals surface area contributed by atoms with Crippen molar-refractivity contribution in [2.45, 2.75) is 25.3 Å². The van der Waals surface area contributed by atoms with Gasteiger partial charge in [0.1, 0.15) is 12.5 Å². The maximum absolute atomic E-state index is 11.6. The van der Waals surface area contributed by atoms with Gasteiger partial charge >= 0.3 is 11.9 Å². The highest BCUT2D eigenvalue weighted by Crippen LogP contribution is 2.39. The van der Waals surface area contributed by atoms with Crippen LogP contribution >= 0.6 is 6.42 Å². The van der Waals surface area contributed by atoms with Gasteiger partial charge in [0.15, 0.2) is 0 Å². The summed E-state index contributed by atoms with van der Waals surface area (Å²) in [5.74, 6) is -0.940. The molecule has 0 amide bonds. The average molecular weight is 322 g/mol. The summed E-state index contributed by atoms with van der Waals surface area (Å²) in [7, 11) is 2.53. The lowest BCUT2D eigenvalue weighted by molar-refractivity contribution is -0.144. The monoisotopic (exact) mass is 322 g/mol. The Balaban J connectivity index is 4.55. The van der Waals surface area contributed by atoms with Crippen LogP contribution in [0.15, 0.2) is 0 Å². The van der Waals surface area contributed by atoms with Crippen LogP contribution in [0.2, 0.25) is 0 Å². The topological polar surface area (TPSA) is 97.6 Å². The van der Waals surface area contributed by atoms with Gasteiger partial charge in [-0.05, 0) is 6.42 Å². The first-order chi connectivity index (χ1) is 9.36. The maximum Gasteiger partial charge on any atom is 0.323 e. The zero-order valence-electron chi connectivity index (χ0n) is 11.7. The van der Waals surface area contributed by atoms with Gasteiger partial charge in [0, 0.05) is 13.1 Å². The SMILES string of the molecule is COC(=O)CC[C@H](NP(C)(=S)OCCC#N)C(=O)OC. The Kier molecular flexibility index (Phi) is 9.34. The summed E-state index contributed by atoms with van der Waals surface area (Å²) in [4.78, 5) is 22.8. The normalized spacial score (nSPS) is 14.7. The smallest absolute Gasteiger partial charge is 0.323 e. The molecule has 0 rings (SSSR count). The number of methoxy groups -OCH3 is 2. The van der Waals surface area contributed by atoms with Crippen LogP contribution < -0.4 is 5.09 Å². The van der Waals surface area contributed by atoms with Crippen molar-refractivity contribution in [2.75, 3.05) is 27.5 Å². The van der Waals surface area contributed by atoms with Crippen LogP contribution in [0.4, 0.5) is 0 Å². The van der Waals surface area contributed by atoms with E-state index in [9.17, 15) is 9.59 Å². The van der Waals surface area contributed by atoms with Crippen molar-refractivity contribution in [1.82, 2.24) is 5.09 Å². The number of nitriles is 1. The number of nitrogens with one attached hydrogen (secondary N) is 1. The lowest BCUT2D eigenvalue weighted by Crippen LogP contribution is -2.36. The third-order valence-electron chi connectivity index (χ3n) is 2.29. The molecule has 114 valence electrons. The molecule has 9 heteroatoms. The number of nitrogens with zero attached hydrogens (tertiary/aromatic N) is 1. The first kappa shape index (κ1) is 19.0. The summed E-state index contributed by atoms with van der Waals surface area (Å²) in [5.41, 5.74) is 0. The molecule has 0 saturated heterocycles. The van der Waals surface area contributed by atoms with Gasteiger partial charge in [-0.1, -0.05) is 11.8 Å². The maximum atomic E-state index is 11.6. The molecular formula is C11H19N2O5PS. The first-order valence-corrected chi connectivity index (χ1v) is 9.04. The molecule has 0 aliphatic heterocycles. The number of hydrogen-bond donors (Lipinski definition) is 1. The van der Waals surface area contributed by atoms with Gasteiger partial charge in [-0.2, -0.15) is 5.26 Å². The molecule has 0 saturated carbocycles. The lowest BCUT2D eigenvalue weighted by Gasteiger charge is -2.24. The van der Waals surface area contributed by atoms with Crippen LogP contribution in [0.3, 0.4) is 0 Å². The van der Waals surface area contributed by atoms with Crippen LogP contribution in [0.25, 0.3) is 0 Å². The molecule has 0 spiro atoms. The number of carbonyl (C=O) groups is 2. The van der Waals surface area contributed by atoms with Gasteiger partial charge in [0.05, 0.1) is 33.3 Å². The van der Waals surface area contributed by atoms with Gasteiger partial charge in [-0.25, -0.2) is 0 Å². The second-order valence-corrected chi connectivity index (χ2v) is 8.21. The Labute approximate surface area is 123 Å². The van der Waals surface area contributed by atoms with Crippen molar-refractivity contribution in [3.8, 4) is 6.07 Å². The third-order valence-corrected chi connectivity index (χ3v) is 4.38. The number of rotatable bonds is 9. The van der Waals surface area contributed by atoms with Crippen molar-refractivity contribution >= 4 is 30.2 Å². The molecule has 0 bridgehead atoms. The van der Waals surface area contributed by atoms with Crippen molar-refractivity contribution < 1.29 is 23.6 Å². The molecule has 20 heavy (non-hydrogen) atoms. The van der Waals surface area contributed by atoms with Crippen molar-refractivity contribution in [1.29, 1.82) is 5.26 Å². The zero-order valence-corrected chi connectivity index (χ0v) is 13.5. The zero-order chi connectivity index (χ0) is 15.6. The van der Waals surface area contributed by atoms with E-state index in [0.717, 1.165) is 0 Å². The van der Waals surface area contributed by atoms with Crippen molar-refractivity contribution in [3.05, 3.63) is 0 Å². The van der Waals surface area contributed by atoms with E-state index < -0.39 is 24.4 Å². The number of hydrogen-bond acceptors (Lipinski definition) is 7. The minimum absolute atomic E-state index is 0.0663. The van der Waals surface area contributed by atoms with Gasteiger partial charge in [0.2, 0.25) is 0 Å². The molecule has 0 radical (unpaired) electrons. The summed E-state index contributed by atoms with van der Waals surface area (Å²) in [6.45, 7) is 1.86. The third kappa shape index (κ3) is 8.23. The van der Waals surface area contributed by atoms with Crippen LogP contribution in [0, 0.1) is 11.3 Å². The molecule has 0 aromatic rings. The van der Waals surface area contributed by atoms with E-state index in [4.69, 9.17) is 21.6 Å². The van der Waals surface area contributed by atoms with Gasteiger partial charge in [-0.3, -0.25) is 14.7 Å². The van der Waals surface area contributed by atoms with Gasteiger partial charge in [-0.15, -0.1) is 0 Å². The fourth-order valence-corrected chi connectivity index (χ4v) is 3.25. The fourth-order valence-electron chi connectivity index (χ4n) is 1.33. The van der Waals surface area contributed by atoms with E-state index in [2.05, 4.69) is 14.6 Å². The predicted octanol–water partition coefficient (Wildman–Crippen LogP) is 0.940. The van der Waals surface area contributed by atoms with Crippen molar-refractivity contribution in [2.24, 2.45) is 0 Å². The van der Waals surface area contributed by atoms with Crippen molar-refractivity contribution in [3.63, 3.8) is 0 Å². The van der Waals surface area contributed by atoms with E-state index in [1.165, 1.54) is 14.2 Å². The molecule has 0 aliphatic carbocycles. The van der Waals surface area contributed by atoms with E-state index in [1.54, 1.807) is 6.66 Å². The Hall–Kier alpha value is -1.00. The minimum atomic E-state index is -2.43. The van der Waals surface area contributed by atoms with Crippen LogP contribution in [-0.4, -0.2) is 45.5 Å². The highest BCUT2D eigenvalue weighted by Gasteiger charge is 2.25. The van der Waals surface area contributed by atoms with Crippen LogP contribution in [-0.2, 0) is 35.4 Å². The van der Waals surface area contributed by atoms with E-state index in [1.807, 2.05) is 6.07 Å². The molecule has 0 aromatic carbocycles. The Morgan fingerprint density at radius 3 is 2.55 bits per heavy atom. The second kappa shape index (κ2) is 9.83. The van der Waals surface area contributed by atoms with Gasteiger partial charge < -0.3 is 14.0 Å². The van der Waals surface area contributed by atoms with Crippen LogP contribution in [0.1, 0.15) is 19.3 Å². The molecule has 0 fully saturated rings. The Bertz CT molecular complexity index is 424. The summed E-state index contributed by atoms with van der Waals surface area (Å²) in [6.07, 6.45) is -1.95. The number of esters is 2. The first-order valence-electron chi connectivity index (χ1n) is 5.87. The standard InChI is InChI=1S/C11H19N2O5PS/c1-16-10(14)6-5-9(11(15)17-2)13-19(3,20)18-8-4-7-12/h9H,4-6,8H2,1-3H3,(H,13,20)/t9-,19?/m0/s1. The largest absolute Gasteiger partial charge is 0.469 e. The minimum Gasteiger partial charge on any atom is -0.469 e. The summed E-state index contributed by atoms with van der Waals surface area (Å²) < 4.78 is 14.6. The molecule has 0 heterocycles.